The van der Waals surface area contributed by atoms with E-state index in [0.717, 1.165) is 19.3 Å². The summed E-state index contributed by atoms with van der Waals surface area (Å²) in [6.07, 6.45) is 4.20. The number of nitrogens with zero attached hydrogens (tertiary/aromatic N) is 6. The van der Waals surface area contributed by atoms with Crippen molar-refractivity contribution in [2.75, 3.05) is 39.0 Å². The van der Waals surface area contributed by atoms with E-state index in [2.05, 4.69) is 35.8 Å². The van der Waals surface area contributed by atoms with E-state index in [1.165, 1.54) is 4.57 Å². The number of likely N-dealkylation sites (N-methyl/N-ethyl adjacent to an activating group) is 1. The van der Waals surface area contributed by atoms with Gasteiger partial charge >= 0.3 is 6.03 Å². The van der Waals surface area contributed by atoms with Gasteiger partial charge in [-0.15, -0.1) is 0 Å². The molecule has 1 fully saturated rings. The number of piperazine rings is 1. The summed E-state index contributed by atoms with van der Waals surface area (Å²) in [7, 11) is 2.02. The van der Waals surface area contributed by atoms with Crippen molar-refractivity contribution >= 4 is 38.8 Å². The summed E-state index contributed by atoms with van der Waals surface area (Å²) in [5.41, 5.74) is 6.73. The number of carbonyl (C=O) groups is 1. The van der Waals surface area contributed by atoms with Crippen molar-refractivity contribution in [2.45, 2.75) is 0 Å². The molecule has 2 N–H and O–H groups in total. The number of fused-ring (bicyclic) bond motifs is 1. The second-order valence-electron chi connectivity index (χ2n) is 6.43. The van der Waals surface area contributed by atoms with E-state index < -0.39 is 5.82 Å². The third-order valence-electron chi connectivity index (χ3n) is 4.66. The van der Waals surface area contributed by atoms with Crippen LogP contribution in [-0.4, -0.2) is 68.6 Å². The van der Waals surface area contributed by atoms with Crippen molar-refractivity contribution in [3.05, 3.63) is 35.1 Å². The zero-order valence-electron chi connectivity index (χ0n) is 14.6. The highest BCUT2D eigenvalue weighted by Gasteiger charge is 2.24. The van der Waals surface area contributed by atoms with Crippen molar-refractivity contribution in [3.63, 3.8) is 0 Å². The highest BCUT2D eigenvalue weighted by atomic mass is 79.9. The summed E-state index contributed by atoms with van der Waals surface area (Å²) in [5.74, 6) is -0.644. The van der Waals surface area contributed by atoms with Crippen LogP contribution in [0.3, 0.4) is 0 Å². The first-order valence-electron chi connectivity index (χ1n) is 8.37. The first kappa shape index (κ1) is 17.8. The minimum Gasteiger partial charge on any atom is -0.368 e. The standard InChI is InChI=1S/C17H17BrFN7O/c1-24-2-4-25(5-3-24)17(27)26-9-11(10-6-14(18)21-8-13(10)26)15-12(19)7-22-16(20)23-15/h6-9H,2-5H2,1H3,(H2,20,22,23). The number of carbonyl (C=O) groups excluding carboxylic acids is 1. The molecule has 0 spiro atoms. The minimum absolute atomic E-state index is 0.0363. The molecule has 0 unspecified atom stereocenters. The molecular formula is C17H17BrFN7O. The van der Waals surface area contributed by atoms with Gasteiger partial charge in [0.05, 0.1) is 17.9 Å². The van der Waals surface area contributed by atoms with Gasteiger partial charge in [-0.25, -0.2) is 24.1 Å². The van der Waals surface area contributed by atoms with Crippen molar-refractivity contribution in [1.29, 1.82) is 0 Å². The molecule has 0 saturated carbocycles. The van der Waals surface area contributed by atoms with Crippen molar-refractivity contribution in [1.82, 2.24) is 29.3 Å². The molecule has 0 bridgehead atoms. The SMILES string of the molecule is CN1CCN(C(=O)n2cc(-c3nc(N)ncc3F)c3cc(Br)ncc32)CC1. The molecule has 140 valence electrons. The lowest BCUT2D eigenvalue weighted by molar-refractivity contribution is 0.156. The van der Waals surface area contributed by atoms with Crippen LogP contribution in [0, 0.1) is 5.82 Å². The molecule has 0 aromatic carbocycles. The van der Waals surface area contributed by atoms with Crippen molar-refractivity contribution in [2.24, 2.45) is 0 Å². The highest BCUT2D eigenvalue weighted by molar-refractivity contribution is 9.10. The van der Waals surface area contributed by atoms with Crippen LogP contribution in [0.15, 0.2) is 29.3 Å². The van der Waals surface area contributed by atoms with Crippen molar-refractivity contribution in [3.8, 4) is 11.3 Å². The fraction of sp³-hybridized carbons (Fsp3) is 0.294. The van der Waals surface area contributed by atoms with Crippen LogP contribution in [0.1, 0.15) is 0 Å². The highest BCUT2D eigenvalue weighted by Crippen LogP contribution is 2.32. The van der Waals surface area contributed by atoms with Crippen molar-refractivity contribution < 1.29 is 9.18 Å². The number of pyridine rings is 1. The summed E-state index contributed by atoms with van der Waals surface area (Å²) >= 11 is 3.33. The third kappa shape index (κ3) is 3.26. The minimum atomic E-state index is -0.608. The van der Waals surface area contributed by atoms with Gasteiger partial charge in [-0.3, -0.25) is 4.57 Å². The molecule has 1 aliphatic heterocycles. The average molecular weight is 434 g/mol. The smallest absolute Gasteiger partial charge is 0.328 e. The molecule has 1 amide bonds. The van der Waals surface area contributed by atoms with Gasteiger partial charge in [0.1, 0.15) is 10.3 Å². The fourth-order valence-corrected chi connectivity index (χ4v) is 3.50. The Morgan fingerprint density at radius 1 is 1.22 bits per heavy atom. The molecule has 10 heteroatoms. The maximum atomic E-state index is 14.4. The molecule has 27 heavy (non-hydrogen) atoms. The number of nitrogens with two attached hydrogens (primary N) is 1. The van der Waals surface area contributed by atoms with Gasteiger partial charge in [0.2, 0.25) is 5.95 Å². The lowest BCUT2D eigenvalue weighted by Crippen LogP contribution is -2.48. The molecular weight excluding hydrogens is 417 g/mol. The van der Waals surface area contributed by atoms with Gasteiger partial charge in [0, 0.05) is 43.3 Å². The molecule has 1 aliphatic rings. The van der Waals surface area contributed by atoms with Crippen LogP contribution < -0.4 is 5.73 Å². The lowest BCUT2D eigenvalue weighted by Gasteiger charge is -2.32. The van der Waals surface area contributed by atoms with E-state index in [9.17, 15) is 9.18 Å². The second kappa shape index (κ2) is 6.86. The number of aromatic nitrogens is 4. The maximum absolute atomic E-state index is 14.4. The number of halogens is 2. The van der Waals surface area contributed by atoms with Crippen LogP contribution in [0.4, 0.5) is 15.1 Å². The first-order chi connectivity index (χ1) is 12.9. The topological polar surface area (TPSA) is 93.2 Å². The Kier molecular flexibility index (Phi) is 4.52. The van der Waals surface area contributed by atoms with E-state index in [1.54, 1.807) is 23.4 Å². The lowest BCUT2D eigenvalue weighted by atomic mass is 10.1. The summed E-state index contributed by atoms with van der Waals surface area (Å²) in [6.45, 7) is 2.86. The van der Waals surface area contributed by atoms with Crippen LogP contribution in [-0.2, 0) is 0 Å². The average Bonchev–Trinajstić information content (AvgIpc) is 3.02. The van der Waals surface area contributed by atoms with E-state index in [1.807, 2.05) is 7.05 Å². The largest absolute Gasteiger partial charge is 0.368 e. The Labute approximate surface area is 162 Å². The molecule has 0 atom stereocenters. The molecule has 3 aromatic heterocycles. The molecule has 4 rings (SSSR count). The van der Waals surface area contributed by atoms with Gasteiger partial charge in [-0.05, 0) is 29.0 Å². The second-order valence-corrected chi connectivity index (χ2v) is 7.25. The quantitative estimate of drug-likeness (QED) is 0.591. The molecule has 8 nitrogen and oxygen atoms in total. The molecule has 4 heterocycles. The van der Waals surface area contributed by atoms with E-state index in [-0.39, 0.29) is 17.7 Å². The number of rotatable bonds is 1. The predicted molar refractivity (Wildman–Crippen MR) is 103 cm³/mol. The van der Waals surface area contributed by atoms with Gasteiger partial charge in [0.15, 0.2) is 5.82 Å². The zero-order valence-corrected chi connectivity index (χ0v) is 16.1. The first-order valence-corrected chi connectivity index (χ1v) is 9.16. The molecule has 0 radical (unpaired) electrons. The molecule has 3 aromatic rings. The van der Waals surface area contributed by atoms with E-state index in [4.69, 9.17) is 5.73 Å². The van der Waals surface area contributed by atoms with Crippen LogP contribution in [0.25, 0.3) is 22.2 Å². The summed E-state index contributed by atoms with van der Waals surface area (Å²) in [4.78, 5) is 28.9. The van der Waals surface area contributed by atoms with E-state index in [0.29, 0.717) is 34.2 Å². The van der Waals surface area contributed by atoms with Crippen LogP contribution >= 0.6 is 15.9 Å². The summed E-state index contributed by atoms with van der Waals surface area (Å²) < 4.78 is 16.4. The Hall–Kier alpha value is -2.59. The number of nitrogen functional groups attached to an aromatic ring is 1. The Morgan fingerprint density at radius 2 is 1.96 bits per heavy atom. The fourth-order valence-electron chi connectivity index (χ4n) is 3.17. The number of hydrogen-bond donors (Lipinski definition) is 1. The Bertz CT molecular complexity index is 1030. The van der Waals surface area contributed by atoms with Gasteiger partial charge in [0.25, 0.3) is 0 Å². The van der Waals surface area contributed by atoms with Crippen LogP contribution in [0.5, 0.6) is 0 Å². The Morgan fingerprint density at radius 3 is 2.70 bits per heavy atom. The predicted octanol–water partition coefficient (Wildman–Crippen LogP) is 2.19. The van der Waals surface area contributed by atoms with Gasteiger partial charge in [-0.2, -0.15) is 0 Å². The van der Waals surface area contributed by atoms with E-state index >= 15 is 0 Å². The van der Waals surface area contributed by atoms with Gasteiger partial charge < -0.3 is 15.5 Å². The normalized spacial score (nSPS) is 15.4. The van der Waals surface area contributed by atoms with Gasteiger partial charge in [-0.1, -0.05) is 0 Å². The van der Waals surface area contributed by atoms with Crippen LogP contribution in [0.2, 0.25) is 0 Å². The number of anilines is 1. The summed E-state index contributed by atoms with van der Waals surface area (Å²) in [6, 6.07) is 1.56. The molecule has 1 saturated heterocycles. The monoisotopic (exact) mass is 433 g/mol. The Balaban J connectivity index is 1.85. The third-order valence-corrected chi connectivity index (χ3v) is 5.09. The number of amides is 1. The number of hydrogen-bond acceptors (Lipinski definition) is 6. The summed E-state index contributed by atoms with van der Waals surface area (Å²) in [5, 5.41) is 0.649. The maximum Gasteiger partial charge on any atom is 0.328 e. The molecule has 0 aliphatic carbocycles. The zero-order chi connectivity index (χ0) is 19.1.